The maximum Gasteiger partial charge on any atom is 0.328 e. The fourth-order valence-electron chi connectivity index (χ4n) is 1.59. The maximum atomic E-state index is 10.4. The maximum absolute atomic E-state index is 10.4. The molecular weight excluding hydrogens is 216 g/mol. The highest BCUT2D eigenvalue weighted by atomic mass is 16.5. The van der Waals surface area contributed by atoms with Crippen molar-refractivity contribution in [3.05, 3.63) is 34.9 Å². The van der Waals surface area contributed by atoms with Gasteiger partial charge < -0.3 is 9.84 Å². The number of benzene rings is 1. The zero-order valence-electron chi connectivity index (χ0n) is 9.86. The van der Waals surface area contributed by atoms with Crippen LogP contribution in [0.15, 0.2) is 18.2 Å². The van der Waals surface area contributed by atoms with Crippen LogP contribution in [0.25, 0.3) is 6.08 Å². The lowest BCUT2D eigenvalue weighted by Crippen LogP contribution is -1.98. The number of carboxylic acids is 1. The topological polar surface area (TPSA) is 46.5 Å². The third-order valence-electron chi connectivity index (χ3n) is 2.20. The molecule has 17 heavy (non-hydrogen) atoms. The van der Waals surface area contributed by atoms with Gasteiger partial charge in [-0.15, -0.1) is 6.42 Å². The molecule has 0 unspecified atom stereocenters. The van der Waals surface area contributed by atoms with Gasteiger partial charge in [0, 0.05) is 6.08 Å². The molecule has 0 radical (unpaired) electrons. The lowest BCUT2D eigenvalue weighted by Gasteiger charge is -2.11. The summed E-state index contributed by atoms with van der Waals surface area (Å²) < 4.78 is 5.42. The Labute approximate surface area is 101 Å². The Balaban J connectivity index is 3.01. The molecule has 0 saturated carbocycles. The fourth-order valence-corrected chi connectivity index (χ4v) is 1.59. The Morgan fingerprint density at radius 1 is 1.47 bits per heavy atom. The average molecular weight is 230 g/mol. The Bertz CT molecular complexity index is 470. The second-order valence-corrected chi connectivity index (χ2v) is 3.65. The van der Waals surface area contributed by atoms with E-state index in [1.807, 2.05) is 26.0 Å². The van der Waals surface area contributed by atoms with Gasteiger partial charge in [0.15, 0.2) is 0 Å². The summed E-state index contributed by atoms with van der Waals surface area (Å²) in [6, 6.07) is 3.72. The van der Waals surface area contributed by atoms with Crippen LogP contribution in [0.1, 0.15) is 16.7 Å². The van der Waals surface area contributed by atoms with Gasteiger partial charge >= 0.3 is 5.97 Å². The Morgan fingerprint density at radius 3 is 2.53 bits per heavy atom. The Morgan fingerprint density at radius 2 is 2.06 bits per heavy atom. The molecule has 0 fully saturated rings. The summed E-state index contributed by atoms with van der Waals surface area (Å²) in [4.78, 5) is 10.4. The van der Waals surface area contributed by atoms with Gasteiger partial charge in [-0.3, -0.25) is 0 Å². The van der Waals surface area contributed by atoms with Gasteiger partial charge in [0.2, 0.25) is 0 Å². The van der Waals surface area contributed by atoms with E-state index in [9.17, 15) is 4.79 Å². The van der Waals surface area contributed by atoms with Crippen LogP contribution >= 0.6 is 0 Å². The number of ether oxygens (including phenoxy) is 1. The fraction of sp³-hybridized carbons (Fsp3) is 0.214. The third-order valence-corrected chi connectivity index (χ3v) is 2.20. The van der Waals surface area contributed by atoms with Gasteiger partial charge in [0.25, 0.3) is 0 Å². The molecule has 3 heteroatoms. The number of carbonyl (C=O) groups is 1. The van der Waals surface area contributed by atoms with Crippen LogP contribution in [-0.4, -0.2) is 17.7 Å². The van der Waals surface area contributed by atoms with E-state index in [0.29, 0.717) is 0 Å². The molecule has 1 aromatic carbocycles. The van der Waals surface area contributed by atoms with E-state index in [2.05, 4.69) is 5.92 Å². The highest BCUT2D eigenvalue weighted by Gasteiger charge is 2.04. The SMILES string of the molecule is C#CCOc1c(C)cc(/C=C/C(=O)O)cc1C. The first-order chi connectivity index (χ1) is 8.04. The summed E-state index contributed by atoms with van der Waals surface area (Å²) in [6.07, 6.45) is 7.79. The van der Waals surface area contributed by atoms with Crippen molar-refractivity contribution in [3.63, 3.8) is 0 Å². The first-order valence-electron chi connectivity index (χ1n) is 5.13. The number of terminal acetylenes is 1. The second-order valence-electron chi connectivity index (χ2n) is 3.65. The lowest BCUT2D eigenvalue weighted by molar-refractivity contribution is -0.131. The third kappa shape index (κ3) is 3.69. The minimum atomic E-state index is -0.965. The minimum absolute atomic E-state index is 0.228. The monoisotopic (exact) mass is 230 g/mol. The number of hydrogen-bond acceptors (Lipinski definition) is 2. The predicted molar refractivity (Wildman–Crippen MR) is 66.9 cm³/mol. The standard InChI is InChI=1S/C14H14O3/c1-4-7-17-14-10(2)8-12(9-11(14)3)5-6-13(15)16/h1,5-6,8-9H,7H2,2-3H3,(H,15,16)/b6-5+. The molecule has 0 bridgehead atoms. The molecule has 0 aromatic heterocycles. The van der Waals surface area contributed by atoms with Crippen LogP contribution < -0.4 is 4.74 Å². The van der Waals surface area contributed by atoms with Crippen molar-refractivity contribution in [1.29, 1.82) is 0 Å². The van der Waals surface area contributed by atoms with Gasteiger partial charge in [0.1, 0.15) is 12.4 Å². The first-order valence-corrected chi connectivity index (χ1v) is 5.13. The molecule has 0 aliphatic heterocycles. The molecule has 0 atom stereocenters. The summed E-state index contributed by atoms with van der Waals surface area (Å²) in [5.74, 6) is 2.21. The average Bonchev–Trinajstić information content (AvgIpc) is 2.25. The summed E-state index contributed by atoms with van der Waals surface area (Å²) in [5.41, 5.74) is 2.70. The highest BCUT2D eigenvalue weighted by Crippen LogP contribution is 2.25. The molecule has 1 rings (SSSR count). The predicted octanol–water partition coefficient (Wildman–Crippen LogP) is 2.41. The van der Waals surface area contributed by atoms with Crippen LogP contribution in [0, 0.1) is 26.2 Å². The second kappa shape index (κ2) is 5.76. The van der Waals surface area contributed by atoms with Crippen molar-refractivity contribution in [3.8, 4) is 18.1 Å². The molecule has 3 nitrogen and oxygen atoms in total. The van der Waals surface area contributed by atoms with Crippen LogP contribution in [0.4, 0.5) is 0 Å². The number of hydrogen-bond donors (Lipinski definition) is 1. The molecule has 88 valence electrons. The molecule has 0 saturated heterocycles. The van der Waals surface area contributed by atoms with E-state index in [-0.39, 0.29) is 6.61 Å². The molecule has 0 spiro atoms. The summed E-state index contributed by atoms with van der Waals surface area (Å²) in [7, 11) is 0. The van der Waals surface area contributed by atoms with E-state index >= 15 is 0 Å². The van der Waals surface area contributed by atoms with E-state index in [4.69, 9.17) is 16.3 Å². The van der Waals surface area contributed by atoms with E-state index in [0.717, 1.165) is 28.5 Å². The largest absolute Gasteiger partial charge is 0.480 e. The minimum Gasteiger partial charge on any atom is -0.480 e. The van der Waals surface area contributed by atoms with E-state index in [1.165, 1.54) is 0 Å². The van der Waals surface area contributed by atoms with Gasteiger partial charge in [0.05, 0.1) is 0 Å². The van der Waals surface area contributed by atoms with Gasteiger partial charge in [-0.2, -0.15) is 0 Å². The summed E-state index contributed by atoms with van der Waals surface area (Å²) in [5, 5.41) is 8.55. The van der Waals surface area contributed by atoms with Crippen molar-refractivity contribution in [2.24, 2.45) is 0 Å². The zero-order chi connectivity index (χ0) is 12.8. The van der Waals surface area contributed by atoms with E-state index < -0.39 is 5.97 Å². The number of aryl methyl sites for hydroxylation is 2. The van der Waals surface area contributed by atoms with Crippen molar-refractivity contribution in [2.45, 2.75) is 13.8 Å². The summed E-state index contributed by atoms with van der Waals surface area (Å²) in [6.45, 7) is 4.03. The van der Waals surface area contributed by atoms with Crippen molar-refractivity contribution >= 4 is 12.0 Å². The Hall–Kier alpha value is -2.21. The molecule has 0 aliphatic rings. The molecule has 1 aromatic rings. The quantitative estimate of drug-likeness (QED) is 0.638. The van der Waals surface area contributed by atoms with Crippen LogP contribution in [0.3, 0.4) is 0 Å². The first kappa shape index (κ1) is 12.9. The number of aliphatic carboxylic acids is 1. The van der Waals surface area contributed by atoms with E-state index in [1.54, 1.807) is 6.08 Å². The van der Waals surface area contributed by atoms with Crippen LogP contribution in [0.2, 0.25) is 0 Å². The number of rotatable bonds is 4. The highest BCUT2D eigenvalue weighted by molar-refractivity contribution is 5.85. The molecule has 0 amide bonds. The van der Waals surface area contributed by atoms with Crippen molar-refractivity contribution < 1.29 is 14.6 Å². The van der Waals surface area contributed by atoms with Gasteiger partial charge in [-0.05, 0) is 48.7 Å². The molecule has 0 aliphatic carbocycles. The Kier molecular flexibility index (Phi) is 4.36. The normalized spacial score (nSPS) is 10.2. The van der Waals surface area contributed by atoms with Crippen molar-refractivity contribution in [1.82, 2.24) is 0 Å². The lowest BCUT2D eigenvalue weighted by atomic mass is 10.1. The van der Waals surface area contributed by atoms with Crippen molar-refractivity contribution in [2.75, 3.05) is 6.61 Å². The molecule has 0 heterocycles. The van der Waals surface area contributed by atoms with Gasteiger partial charge in [-0.1, -0.05) is 5.92 Å². The van der Waals surface area contributed by atoms with Crippen LogP contribution in [0.5, 0.6) is 5.75 Å². The number of carboxylic acid groups (broad SMARTS) is 1. The van der Waals surface area contributed by atoms with Crippen LogP contribution in [-0.2, 0) is 4.79 Å². The molecule has 1 N–H and O–H groups in total. The molecular formula is C14H14O3. The summed E-state index contributed by atoms with van der Waals surface area (Å²) >= 11 is 0. The zero-order valence-corrected chi connectivity index (χ0v) is 9.86. The smallest absolute Gasteiger partial charge is 0.328 e. The van der Waals surface area contributed by atoms with Gasteiger partial charge in [-0.25, -0.2) is 4.79 Å².